The Labute approximate surface area is 181 Å². The van der Waals surface area contributed by atoms with Crippen molar-refractivity contribution in [1.82, 2.24) is 9.78 Å². The number of hydrogen-bond acceptors (Lipinski definition) is 5. The number of rotatable bonds is 7. The van der Waals surface area contributed by atoms with E-state index in [0.29, 0.717) is 23.5 Å². The van der Waals surface area contributed by atoms with Crippen LogP contribution in [0.5, 0.6) is 0 Å². The highest BCUT2D eigenvalue weighted by Crippen LogP contribution is 2.33. The topological polar surface area (TPSA) is 99.2 Å². The molecule has 8 nitrogen and oxygen atoms in total. The molecule has 0 fully saturated rings. The van der Waals surface area contributed by atoms with E-state index in [0.717, 1.165) is 10.6 Å². The average Bonchev–Trinajstić information content (AvgIpc) is 2.99. The molecule has 9 heteroatoms. The lowest BCUT2D eigenvalue weighted by atomic mass is 10.0. The Kier molecular flexibility index (Phi) is 6.26. The van der Waals surface area contributed by atoms with Crippen molar-refractivity contribution in [3.05, 3.63) is 83.4 Å². The highest BCUT2D eigenvalue weighted by molar-refractivity contribution is 7.92. The van der Waals surface area contributed by atoms with Crippen LogP contribution in [0.4, 0.5) is 5.69 Å². The van der Waals surface area contributed by atoms with Gasteiger partial charge in [-0.05, 0) is 23.5 Å². The Hall–Kier alpha value is -3.46. The summed E-state index contributed by atoms with van der Waals surface area (Å²) >= 11 is 0. The van der Waals surface area contributed by atoms with E-state index < -0.39 is 21.8 Å². The quantitative estimate of drug-likeness (QED) is 0.313. The predicted molar refractivity (Wildman–Crippen MR) is 115 cm³/mol. The lowest BCUT2D eigenvalue weighted by Crippen LogP contribution is -2.38. The zero-order chi connectivity index (χ0) is 22.8. The standard InChI is InChI=1S/C22H24N4O4S/c1-16-23-25(3)22(24(16)2)21(28)14-20(17-10-6-5-7-11-17)26(31(4,29)30)19-13-9-8-12-18(19)15-27/h5-15,20H,1-4H3/b21-14+/t20-/m1/s1. The van der Waals surface area contributed by atoms with Gasteiger partial charge in [0.25, 0.3) is 11.6 Å². The summed E-state index contributed by atoms with van der Waals surface area (Å²) in [6, 6.07) is 14.2. The summed E-state index contributed by atoms with van der Waals surface area (Å²) in [5, 5.41) is 17.5. The van der Waals surface area contributed by atoms with Crippen LogP contribution in [0.3, 0.4) is 0 Å². The first-order chi connectivity index (χ1) is 14.6. The van der Waals surface area contributed by atoms with Crippen LogP contribution in [0.2, 0.25) is 0 Å². The molecule has 162 valence electrons. The second-order valence-electron chi connectivity index (χ2n) is 7.18. The van der Waals surface area contributed by atoms with E-state index >= 15 is 0 Å². The Morgan fingerprint density at radius 1 is 1.16 bits per heavy atom. The summed E-state index contributed by atoms with van der Waals surface area (Å²) in [5.74, 6) is 0.550. The van der Waals surface area contributed by atoms with Gasteiger partial charge in [-0.25, -0.2) is 13.0 Å². The van der Waals surface area contributed by atoms with Crippen molar-refractivity contribution in [2.45, 2.75) is 13.0 Å². The molecule has 0 radical (unpaired) electrons. The predicted octanol–water partition coefficient (Wildman–Crippen LogP) is 1.27. The molecule has 0 N–H and O–H groups in total. The normalized spacial score (nSPS) is 13.1. The number of hydrogen-bond donors (Lipinski definition) is 0. The monoisotopic (exact) mass is 440 g/mol. The molecular weight excluding hydrogens is 416 g/mol. The van der Waals surface area contributed by atoms with Crippen LogP contribution in [0.25, 0.3) is 5.76 Å². The van der Waals surface area contributed by atoms with Gasteiger partial charge in [-0.3, -0.25) is 9.10 Å². The fourth-order valence-electron chi connectivity index (χ4n) is 3.52. The largest absolute Gasteiger partial charge is 0.868 e. The summed E-state index contributed by atoms with van der Waals surface area (Å²) in [6.45, 7) is 1.77. The molecule has 31 heavy (non-hydrogen) atoms. The second-order valence-corrected chi connectivity index (χ2v) is 9.03. The zero-order valence-corrected chi connectivity index (χ0v) is 18.6. The Bertz CT molecular complexity index is 1230. The third-order valence-electron chi connectivity index (χ3n) is 4.99. The van der Waals surface area contributed by atoms with Crippen LogP contribution in [0, 0.1) is 6.92 Å². The second kappa shape index (κ2) is 8.73. The van der Waals surface area contributed by atoms with Gasteiger partial charge in [-0.15, -0.1) is 4.68 Å². The van der Waals surface area contributed by atoms with Crippen molar-refractivity contribution < 1.29 is 22.9 Å². The first kappa shape index (κ1) is 22.2. The number of anilines is 1. The number of aromatic nitrogens is 3. The molecule has 1 aromatic heterocycles. The fraction of sp³-hybridized carbons (Fsp3) is 0.227. The van der Waals surface area contributed by atoms with Crippen LogP contribution in [0.15, 0.2) is 60.7 Å². The van der Waals surface area contributed by atoms with Crippen LogP contribution in [-0.4, -0.2) is 30.7 Å². The summed E-state index contributed by atoms with van der Waals surface area (Å²) in [6.07, 6.45) is 2.99. The van der Waals surface area contributed by atoms with Crippen LogP contribution in [0.1, 0.15) is 33.6 Å². The van der Waals surface area contributed by atoms with E-state index in [-0.39, 0.29) is 11.3 Å². The number of para-hydroxylation sites is 1. The molecule has 2 aromatic carbocycles. The molecule has 0 aliphatic carbocycles. The van der Waals surface area contributed by atoms with E-state index in [1.165, 1.54) is 16.8 Å². The minimum atomic E-state index is -3.88. The lowest BCUT2D eigenvalue weighted by Gasteiger charge is -2.32. The number of aryl methyl sites for hydroxylation is 2. The molecule has 0 saturated carbocycles. The van der Waals surface area contributed by atoms with Gasteiger partial charge in [-0.1, -0.05) is 48.5 Å². The van der Waals surface area contributed by atoms with Gasteiger partial charge in [-0.2, -0.15) is 0 Å². The van der Waals surface area contributed by atoms with Gasteiger partial charge < -0.3 is 5.11 Å². The van der Waals surface area contributed by atoms with E-state index in [9.17, 15) is 18.3 Å². The molecule has 3 rings (SSSR count). The van der Waals surface area contributed by atoms with Gasteiger partial charge >= 0.3 is 0 Å². The summed E-state index contributed by atoms with van der Waals surface area (Å²) in [7, 11) is -0.505. The third kappa shape index (κ3) is 4.51. The minimum Gasteiger partial charge on any atom is -0.868 e. The lowest BCUT2D eigenvalue weighted by molar-refractivity contribution is -0.683. The van der Waals surface area contributed by atoms with Crippen LogP contribution < -0.4 is 14.0 Å². The number of benzene rings is 2. The van der Waals surface area contributed by atoms with E-state index in [2.05, 4.69) is 5.10 Å². The maximum absolute atomic E-state index is 13.3. The van der Waals surface area contributed by atoms with E-state index in [1.54, 1.807) is 74.1 Å². The number of sulfonamides is 1. The van der Waals surface area contributed by atoms with Crippen molar-refractivity contribution in [2.24, 2.45) is 14.1 Å². The number of aldehydes is 1. The van der Waals surface area contributed by atoms with E-state index in [4.69, 9.17) is 0 Å². The number of carbonyl (C=O) groups excluding carboxylic acids is 1. The first-order valence-corrected chi connectivity index (χ1v) is 11.4. The SMILES string of the molecule is Cc1nn(C)c(/C([O-])=C\[C@H](c2ccccc2)N(c2ccccc2C=O)S(C)(=O)=O)[n+]1C. The van der Waals surface area contributed by atoms with Gasteiger partial charge in [0.2, 0.25) is 10.0 Å². The summed E-state index contributed by atoms with van der Waals surface area (Å²) in [4.78, 5) is 11.6. The highest BCUT2D eigenvalue weighted by atomic mass is 32.2. The van der Waals surface area contributed by atoms with Crippen molar-refractivity contribution >= 4 is 27.8 Å². The zero-order valence-electron chi connectivity index (χ0n) is 17.8. The van der Waals surface area contributed by atoms with Crippen LogP contribution >= 0.6 is 0 Å². The van der Waals surface area contributed by atoms with Crippen LogP contribution in [-0.2, 0) is 24.1 Å². The van der Waals surface area contributed by atoms with Crippen molar-refractivity contribution in [1.29, 1.82) is 0 Å². The smallest absolute Gasteiger partial charge is 0.274 e. The molecule has 1 atom stereocenters. The van der Waals surface area contributed by atoms with Crippen molar-refractivity contribution in [3.63, 3.8) is 0 Å². The highest BCUT2D eigenvalue weighted by Gasteiger charge is 2.29. The van der Waals surface area contributed by atoms with Crippen molar-refractivity contribution in [2.75, 3.05) is 10.6 Å². The molecule has 0 unspecified atom stereocenters. The third-order valence-corrected chi connectivity index (χ3v) is 6.12. The van der Waals surface area contributed by atoms with E-state index in [1.807, 2.05) is 0 Å². The molecule has 0 amide bonds. The average molecular weight is 441 g/mol. The van der Waals surface area contributed by atoms with Crippen molar-refractivity contribution in [3.8, 4) is 0 Å². The fourth-order valence-corrected chi connectivity index (χ4v) is 4.64. The number of nitrogens with zero attached hydrogens (tertiary/aromatic N) is 4. The Balaban J connectivity index is 2.28. The molecule has 3 aromatic rings. The Morgan fingerprint density at radius 2 is 1.77 bits per heavy atom. The first-order valence-electron chi connectivity index (χ1n) is 9.52. The molecule has 0 aliphatic rings. The molecule has 1 heterocycles. The van der Waals surface area contributed by atoms with Gasteiger partial charge in [0.05, 0.1) is 32.1 Å². The molecule has 0 saturated heterocycles. The van der Waals surface area contributed by atoms with Gasteiger partial charge in [0.1, 0.15) is 0 Å². The molecule has 0 bridgehead atoms. The maximum Gasteiger partial charge on any atom is 0.274 e. The summed E-state index contributed by atoms with van der Waals surface area (Å²) < 4.78 is 30.1. The Morgan fingerprint density at radius 3 is 2.32 bits per heavy atom. The molecule has 0 aliphatic heterocycles. The van der Waals surface area contributed by atoms with Gasteiger partial charge in [0.15, 0.2) is 6.29 Å². The maximum atomic E-state index is 13.3. The minimum absolute atomic E-state index is 0.198. The van der Waals surface area contributed by atoms with Gasteiger partial charge in [0, 0.05) is 17.6 Å². The summed E-state index contributed by atoms with van der Waals surface area (Å²) in [5.41, 5.74) is 0.989. The molecule has 0 spiro atoms. The molecular formula is C22H24N4O4S. The number of carbonyl (C=O) groups is 1.